The first-order valence-electron chi connectivity index (χ1n) is 6.61. The molecule has 0 aromatic rings. The molecular weight excluding hydrogens is 236 g/mol. The van der Waals surface area contributed by atoms with Crippen LogP contribution < -0.4 is 0 Å². The Hall–Kier alpha value is 0.0569. The summed E-state index contributed by atoms with van der Waals surface area (Å²) in [7, 11) is 3.50. The van der Waals surface area contributed by atoms with E-state index in [0.29, 0.717) is 6.10 Å². The third-order valence-electron chi connectivity index (χ3n) is 2.96. The predicted octanol–water partition coefficient (Wildman–Crippen LogP) is 1.20. The highest BCUT2D eigenvalue weighted by molar-refractivity contribution is 6.35. The molecule has 0 bridgehead atoms. The lowest BCUT2D eigenvalue weighted by Crippen LogP contribution is -2.12. The highest BCUT2D eigenvalue weighted by Gasteiger charge is 2.21. The first kappa shape index (κ1) is 15.1. The van der Waals surface area contributed by atoms with E-state index in [-0.39, 0.29) is 15.8 Å². The van der Waals surface area contributed by atoms with Gasteiger partial charge in [0, 0.05) is 30.3 Å². The van der Waals surface area contributed by atoms with Gasteiger partial charge in [-0.25, -0.2) is 0 Å². The van der Waals surface area contributed by atoms with Crippen molar-refractivity contribution in [2.75, 3.05) is 34.0 Å². The minimum atomic E-state index is -0.00845. The van der Waals surface area contributed by atoms with Crippen molar-refractivity contribution in [3.63, 3.8) is 0 Å². The number of methoxy groups -OCH3 is 2. The number of hydrogen-bond acceptors (Lipinski definition) is 4. The van der Waals surface area contributed by atoms with Crippen LogP contribution in [-0.2, 0) is 18.9 Å². The number of rotatable bonds is 12. The van der Waals surface area contributed by atoms with Gasteiger partial charge in [-0.1, -0.05) is 18.5 Å². The molecule has 0 aromatic heterocycles. The molecule has 1 rings (SSSR count). The largest absolute Gasteiger partial charge is 0.379 e. The first-order valence-corrected chi connectivity index (χ1v) is 8.61. The van der Waals surface area contributed by atoms with Gasteiger partial charge in [-0.05, 0) is 12.8 Å². The third kappa shape index (κ3) is 8.74. The SMILES string of the molecule is COC(CCC[SiH2]CCCOCC1CO1)OC. The van der Waals surface area contributed by atoms with E-state index in [1.807, 2.05) is 0 Å². The van der Waals surface area contributed by atoms with Gasteiger partial charge in [-0.2, -0.15) is 0 Å². The lowest BCUT2D eigenvalue weighted by Gasteiger charge is -2.12. The molecule has 0 amide bonds. The fraction of sp³-hybridized carbons (Fsp3) is 1.00. The number of hydrogen-bond donors (Lipinski definition) is 0. The summed E-state index contributed by atoms with van der Waals surface area (Å²) in [5.41, 5.74) is 0. The van der Waals surface area contributed by atoms with E-state index in [2.05, 4.69) is 0 Å². The normalized spacial score (nSPS) is 19.6. The Labute approximate surface area is 107 Å². The Morgan fingerprint density at radius 3 is 2.59 bits per heavy atom. The molecule has 1 unspecified atom stereocenters. The number of epoxide rings is 1. The maximum atomic E-state index is 5.49. The van der Waals surface area contributed by atoms with Crippen molar-refractivity contribution < 1.29 is 18.9 Å². The second-order valence-corrected chi connectivity index (χ2v) is 6.61. The Kier molecular flexibility index (Phi) is 8.91. The quantitative estimate of drug-likeness (QED) is 0.229. The second-order valence-electron chi connectivity index (χ2n) is 4.49. The van der Waals surface area contributed by atoms with E-state index >= 15 is 0 Å². The fourth-order valence-corrected chi connectivity index (χ4v) is 3.31. The standard InChI is InChI=1S/C12H26O4Si/c1-13-12(14-2)5-3-7-17-8-4-6-15-9-11-10-16-11/h11-12H,3-10,17H2,1-2H3. The molecule has 1 aliphatic rings. The Morgan fingerprint density at radius 1 is 1.24 bits per heavy atom. The molecule has 0 aromatic carbocycles. The summed E-state index contributed by atoms with van der Waals surface area (Å²) in [4.78, 5) is 0. The van der Waals surface area contributed by atoms with Crippen molar-refractivity contribution in [3.05, 3.63) is 0 Å². The highest BCUT2D eigenvalue weighted by atomic mass is 28.2. The minimum absolute atomic E-state index is 0.00845. The van der Waals surface area contributed by atoms with E-state index in [1.54, 1.807) is 14.2 Å². The van der Waals surface area contributed by atoms with Gasteiger partial charge < -0.3 is 18.9 Å². The summed E-state index contributed by atoms with van der Waals surface area (Å²) in [5.74, 6) is 0. The molecule has 102 valence electrons. The molecule has 1 fully saturated rings. The zero-order chi connectivity index (χ0) is 12.3. The van der Waals surface area contributed by atoms with Gasteiger partial charge in [0.15, 0.2) is 6.29 Å². The van der Waals surface area contributed by atoms with Crippen molar-refractivity contribution in [1.82, 2.24) is 0 Å². The monoisotopic (exact) mass is 262 g/mol. The van der Waals surface area contributed by atoms with E-state index in [4.69, 9.17) is 18.9 Å². The van der Waals surface area contributed by atoms with Gasteiger partial charge in [0.2, 0.25) is 0 Å². The molecule has 0 saturated carbocycles. The molecule has 1 heterocycles. The van der Waals surface area contributed by atoms with Crippen LogP contribution in [0, 0.1) is 0 Å². The summed E-state index contributed by atoms with van der Waals surface area (Å²) >= 11 is 0. The van der Waals surface area contributed by atoms with E-state index in [1.165, 1.54) is 24.9 Å². The maximum Gasteiger partial charge on any atom is 0.156 e. The van der Waals surface area contributed by atoms with Gasteiger partial charge in [-0.15, -0.1) is 0 Å². The van der Waals surface area contributed by atoms with Gasteiger partial charge >= 0.3 is 0 Å². The van der Waals surface area contributed by atoms with Crippen LogP contribution in [0.25, 0.3) is 0 Å². The van der Waals surface area contributed by atoms with Crippen LogP contribution in [-0.4, -0.2) is 56.0 Å². The van der Waals surface area contributed by atoms with E-state index in [0.717, 1.165) is 26.2 Å². The predicted molar refractivity (Wildman–Crippen MR) is 70.4 cm³/mol. The van der Waals surface area contributed by atoms with Gasteiger partial charge in [0.25, 0.3) is 0 Å². The zero-order valence-electron chi connectivity index (χ0n) is 11.2. The van der Waals surface area contributed by atoms with Crippen LogP contribution >= 0.6 is 0 Å². The molecule has 1 aliphatic heterocycles. The van der Waals surface area contributed by atoms with Crippen molar-refractivity contribution in [3.8, 4) is 0 Å². The summed E-state index contributed by atoms with van der Waals surface area (Å²) in [6.45, 7) is 2.60. The topological polar surface area (TPSA) is 40.2 Å². The maximum absolute atomic E-state index is 5.49. The molecule has 0 N–H and O–H groups in total. The summed E-state index contributed by atoms with van der Waals surface area (Å²) in [6.07, 6.45) is 3.88. The first-order chi connectivity index (χ1) is 8.36. The molecule has 1 saturated heterocycles. The average Bonchev–Trinajstić information content (AvgIpc) is 3.16. The van der Waals surface area contributed by atoms with E-state index < -0.39 is 0 Å². The summed E-state index contributed by atoms with van der Waals surface area (Å²) < 4.78 is 20.9. The smallest absolute Gasteiger partial charge is 0.156 e. The molecule has 4 nitrogen and oxygen atoms in total. The Morgan fingerprint density at radius 2 is 1.94 bits per heavy atom. The number of ether oxygens (including phenoxy) is 4. The summed E-state index contributed by atoms with van der Waals surface area (Å²) in [6, 6.07) is 2.77. The highest BCUT2D eigenvalue weighted by Crippen LogP contribution is 2.09. The van der Waals surface area contributed by atoms with Crippen LogP contribution in [0.4, 0.5) is 0 Å². The van der Waals surface area contributed by atoms with Crippen LogP contribution in [0.15, 0.2) is 0 Å². The van der Waals surface area contributed by atoms with Gasteiger partial charge in [0.1, 0.15) is 6.10 Å². The molecule has 0 spiro atoms. The molecular formula is C12H26O4Si. The van der Waals surface area contributed by atoms with Crippen molar-refractivity contribution in [1.29, 1.82) is 0 Å². The molecule has 1 atom stereocenters. The Balaban J connectivity index is 1.71. The lowest BCUT2D eigenvalue weighted by atomic mass is 10.3. The average molecular weight is 262 g/mol. The zero-order valence-corrected chi connectivity index (χ0v) is 12.6. The second kappa shape index (κ2) is 10.0. The van der Waals surface area contributed by atoms with Crippen molar-refractivity contribution in [2.45, 2.75) is 43.7 Å². The van der Waals surface area contributed by atoms with Crippen LogP contribution in [0.5, 0.6) is 0 Å². The third-order valence-corrected chi connectivity index (χ3v) is 4.96. The molecule has 0 radical (unpaired) electrons. The molecule has 0 aliphatic carbocycles. The van der Waals surface area contributed by atoms with Crippen molar-refractivity contribution >= 4 is 9.52 Å². The minimum Gasteiger partial charge on any atom is -0.379 e. The van der Waals surface area contributed by atoms with Crippen molar-refractivity contribution in [2.24, 2.45) is 0 Å². The summed E-state index contributed by atoms with van der Waals surface area (Å²) in [5, 5.41) is 0. The molecule has 17 heavy (non-hydrogen) atoms. The van der Waals surface area contributed by atoms with Gasteiger partial charge in [0.05, 0.1) is 13.2 Å². The van der Waals surface area contributed by atoms with Crippen LogP contribution in [0.3, 0.4) is 0 Å². The van der Waals surface area contributed by atoms with Crippen LogP contribution in [0.2, 0.25) is 12.1 Å². The lowest BCUT2D eigenvalue weighted by molar-refractivity contribution is -0.106. The fourth-order valence-electron chi connectivity index (χ4n) is 1.76. The van der Waals surface area contributed by atoms with Gasteiger partial charge in [-0.3, -0.25) is 0 Å². The molecule has 5 heteroatoms. The van der Waals surface area contributed by atoms with Crippen LogP contribution in [0.1, 0.15) is 19.3 Å². The Bertz CT molecular complexity index is 172. The van der Waals surface area contributed by atoms with E-state index in [9.17, 15) is 0 Å².